The number of nitrogens with one attached hydrogen (secondary N) is 1. The zero-order valence-corrected chi connectivity index (χ0v) is 17.2. The summed E-state index contributed by atoms with van der Waals surface area (Å²) in [6.07, 6.45) is 1.54. The molecule has 1 amide bonds. The van der Waals surface area contributed by atoms with E-state index in [0.717, 1.165) is 59.5 Å². The largest absolute Gasteiger partial charge is 0.497 e. The van der Waals surface area contributed by atoms with E-state index in [9.17, 15) is 9.90 Å². The van der Waals surface area contributed by atoms with Gasteiger partial charge in [-0.15, -0.1) is 0 Å². The van der Waals surface area contributed by atoms with Crippen molar-refractivity contribution in [2.45, 2.75) is 26.0 Å². The number of aliphatic hydroxyl groups is 1. The number of hydrogen-bond donors (Lipinski definition) is 2. The fraction of sp³-hybridized carbons (Fsp3) is 0.333. The molecule has 3 aromatic rings. The van der Waals surface area contributed by atoms with E-state index in [1.165, 1.54) is 0 Å². The molecule has 1 aliphatic rings. The molecule has 156 valence electrons. The van der Waals surface area contributed by atoms with Gasteiger partial charge >= 0.3 is 0 Å². The first kappa shape index (κ1) is 20.2. The number of anilines is 1. The Kier molecular flexibility index (Phi) is 6.14. The number of piperidine rings is 1. The molecule has 0 aliphatic carbocycles. The topological polar surface area (TPSA) is 74.7 Å². The van der Waals surface area contributed by atoms with Crippen LogP contribution in [0.1, 0.15) is 24.0 Å². The molecule has 6 heteroatoms. The average molecular weight is 405 g/mol. The van der Waals surface area contributed by atoms with Crippen molar-refractivity contribution in [1.82, 2.24) is 10.3 Å². The summed E-state index contributed by atoms with van der Waals surface area (Å²) in [5, 5.41) is 13.9. The van der Waals surface area contributed by atoms with Crippen LogP contribution in [0, 0.1) is 5.92 Å². The third-order valence-corrected chi connectivity index (χ3v) is 5.74. The zero-order chi connectivity index (χ0) is 20.9. The van der Waals surface area contributed by atoms with Gasteiger partial charge in [0.2, 0.25) is 5.91 Å². The summed E-state index contributed by atoms with van der Waals surface area (Å²) in [6.45, 7) is 1.97. The number of nitrogens with zero attached hydrogens (tertiary/aromatic N) is 2. The molecule has 0 spiro atoms. The van der Waals surface area contributed by atoms with E-state index in [1.807, 2.05) is 54.6 Å². The second-order valence-corrected chi connectivity index (χ2v) is 7.65. The maximum absolute atomic E-state index is 12.6. The number of carbonyl (C=O) groups is 1. The number of methoxy groups -OCH3 is 1. The molecular formula is C24H27N3O3. The van der Waals surface area contributed by atoms with Crippen LogP contribution >= 0.6 is 0 Å². The van der Waals surface area contributed by atoms with Crippen molar-refractivity contribution in [3.05, 3.63) is 65.7 Å². The number of carbonyl (C=O) groups excluding carboxylic acids is 1. The number of hydrogen-bond acceptors (Lipinski definition) is 5. The Labute approximate surface area is 176 Å². The third-order valence-electron chi connectivity index (χ3n) is 5.74. The molecule has 2 aromatic carbocycles. The fourth-order valence-electron chi connectivity index (χ4n) is 3.97. The van der Waals surface area contributed by atoms with Crippen LogP contribution in [0.4, 0.5) is 5.82 Å². The summed E-state index contributed by atoms with van der Waals surface area (Å²) in [5.74, 6) is 1.73. The van der Waals surface area contributed by atoms with Gasteiger partial charge in [0.05, 0.1) is 19.2 Å². The molecule has 0 radical (unpaired) electrons. The third kappa shape index (κ3) is 4.39. The van der Waals surface area contributed by atoms with Gasteiger partial charge < -0.3 is 20.1 Å². The second-order valence-electron chi connectivity index (χ2n) is 7.65. The lowest BCUT2D eigenvalue weighted by atomic mass is 9.95. The molecule has 4 rings (SSSR count). The summed E-state index contributed by atoms with van der Waals surface area (Å²) in [5.41, 5.74) is 2.80. The van der Waals surface area contributed by atoms with Gasteiger partial charge in [0.15, 0.2) is 0 Å². The summed E-state index contributed by atoms with van der Waals surface area (Å²) < 4.78 is 5.16. The van der Waals surface area contributed by atoms with Crippen LogP contribution in [-0.4, -0.2) is 36.2 Å². The minimum atomic E-state index is -0.0462. The predicted molar refractivity (Wildman–Crippen MR) is 117 cm³/mol. The number of amides is 1. The van der Waals surface area contributed by atoms with Crippen LogP contribution < -0.4 is 15.0 Å². The molecule has 0 saturated carbocycles. The Bertz CT molecular complexity index is 1010. The van der Waals surface area contributed by atoms with Crippen molar-refractivity contribution in [3.8, 4) is 5.75 Å². The van der Waals surface area contributed by atoms with E-state index in [2.05, 4.69) is 10.2 Å². The Morgan fingerprint density at radius 1 is 1.17 bits per heavy atom. The van der Waals surface area contributed by atoms with Crippen LogP contribution in [0.15, 0.2) is 54.6 Å². The standard InChI is InChI=1S/C24H27N3O3/c1-30-21-8-6-17(7-9-21)15-25-24(29)18-10-12-27(13-11-18)23-20(16-28)14-19-4-2-3-5-22(19)26-23/h2-9,14,18,28H,10-13,15-16H2,1H3,(H,25,29). The van der Waals surface area contributed by atoms with E-state index in [0.29, 0.717) is 6.54 Å². The first-order valence-corrected chi connectivity index (χ1v) is 10.3. The number of ether oxygens (including phenoxy) is 1. The van der Waals surface area contributed by atoms with Gasteiger partial charge in [-0.25, -0.2) is 4.98 Å². The van der Waals surface area contributed by atoms with Crippen molar-refractivity contribution in [2.75, 3.05) is 25.1 Å². The Balaban J connectivity index is 1.36. The van der Waals surface area contributed by atoms with Gasteiger partial charge in [-0.3, -0.25) is 4.79 Å². The maximum Gasteiger partial charge on any atom is 0.223 e. The number of benzene rings is 2. The molecule has 2 N–H and O–H groups in total. The summed E-state index contributed by atoms with van der Waals surface area (Å²) in [4.78, 5) is 19.6. The van der Waals surface area contributed by atoms with E-state index in [-0.39, 0.29) is 18.4 Å². The zero-order valence-electron chi connectivity index (χ0n) is 17.2. The molecule has 1 aromatic heterocycles. The summed E-state index contributed by atoms with van der Waals surface area (Å²) in [7, 11) is 1.64. The smallest absolute Gasteiger partial charge is 0.223 e. The highest BCUT2D eigenvalue weighted by molar-refractivity contribution is 5.82. The Morgan fingerprint density at radius 2 is 1.90 bits per heavy atom. The van der Waals surface area contributed by atoms with Crippen molar-refractivity contribution < 1.29 is 14.6 Å². The van der Waals surface area contributed by atoms with Gasteiger partial charge in [0, 0.05) is 36.5 Å². The maximum atomic E-state index is 12.6. The second kappa shape index (κ2) is 9.13. The Hall–Kier alpha value is -3.12. The average Bonchev–Trinajstić information content (AvgIpc) is 2.82. The van der Waals surface area contributed by atoms with Crippen molar-refractivity contribution in [1.29, 1.82) is 0 Å². The monoisotopic (exact) mass is 405 g/mol. The quantitative estimate of drug-likeness (QED) is 0.658. The molecule has 6 nitrogen and oxygen atoms in total. The highest BCUT2D eigenvalue weighted by atomic mass is 16.5. The van der Waals surface area contributed by atoms with Gasteiger partial charge in [-0.2, -0.15) is 0 Å². The van der Waals surface area contributed by atoms with Crippen molar-refractivity contribution in [3.63, 3.8) is 0 Å². The van der Waals surface area contributed by atoms with Crippen molar-refractivity contribution >= 4 is 22.6 Å². The summed E-state index contributed by atoms with van der Waals surface area (Å²) >= 11 is 0. The SMILES string of the molecule is COc1ccc(CNC(=O)C2CCN(c3nc4ccccc4cc3CO)CC2)cc1. The van der Waals surface area contributed by atoms with Crippen molar-refractivity contribution in [2.24, 2.45) is 5.92 Å². The number of aliphatic hydroxyl groups excluding tert-OH is 1. The van der Waals surface area contributed by atoms with E-state index < -0.39 is 0 Å². The molecule has 1 saturated heterocycles. The normalized spacial score (nSPS) is 14.7. The van der Waals surface area contributed by atoms with Gasteiger partial charge in [-0.1, -0.05) is 30.3 Å². The molecule has 30 heavy (non-hydrogen) atoms. The number of aromatic nitrogens is 1. The summed E-state index contributed by atoms with van der Waals surface area (Å²) in [6, 6.07) is 17.7. The lowest BCUT2D eigenvalue weighted by Crippen LogP contribution is -2.41. The first-order valence-electron chi connectivity index (χ1n) is 10.3. The molecule has 2 heterocycles. The van der Waals surface area contributed by atoms with Gasteiger partial charge in [0.25, 0.3) is 0 Å². The Morgan fingerprint density at radius 3 is 2.60 bits per heavy atom. The lowest BCUT2D eigenvalue weighted by molar-refractivity contribution is -0.125. The molecule has 0 unspecified atom stereocenters. The van der Waals surface area contributed by atoms with Crippen LogP contribution in [0.3, 0.4) is 0 Å². The predicted octanol–water partition coefficient (Wildman–Crippen LogP) is 3.27. The number of pyridine rings is 1. The van der Waals surface area contributed by atoms with E-state index in [1.54, 1.807) is 7.11 Å². The molecule has 0 bridgehead atoms. The van der Waals surface area contributed by atoms with Crippen LogP contribution in [0.25, 0.3) is 10.9 Å². The molecule has 0 atom stereocenters. The van der Waals surface area contributed by atoms with E-state index >= 15 is 0 Å². The minimum absolute atomic E-state index is 0.00229. The highest BCUT2D eigenvalue weighted by Gasteiger charge is 2.26. The number of rotatable bonds is 6. The molecular weight excluding hydrogens is 378 g/mol. The van der Waals surface area contributed by atoms with Crippen LogP contribution in [0.5, 0.6) is 5.75 Å². The van der Waals surface area contributed by atoms with Gasteiger partial charge in [-0.05, 0) is 42.7 Å². The molecule has 1 aliphatic heterocycles. The minimum Gasteiger partial charge on any atom is -0.497 e. The fourth-order valence-corrected chi connectivity index (χ4v) is 3.97. The van der Waals surface area contributed by atoms with Crippen LogP contribution in [0.2, 0.25) is 0 Å². The van der Waals surface area contributed by atoms with Gasteiger partial charge in [0.1, 0.15) is 11.6 Å². The van der Waals surface area contributed by atoms with E-state index in [4.69, 9.17) is 9.72 Å². The number of fused-ring (bicyclic) bond motifs is 1. The molecule has 1 fully saturated rings. The highest BCUT2D eigenvalue weighted by Crippen LogP contribution is 2.28. The van der Waals surface area contributed by atoms with Crippen LogP contribution in [-0.2, 0) is 17.9 Å². The first-order chi connectivity index (χ1) is 14.7. The lowest BCUT2D eigenvalue weighted by Gasteiger charge is -2.33. The number of para-hydroxylation sites is 1.